The van der Waals surface area contributed by atoms with E-state index in [0.717, 1.165) is 6.54 Å². The average Bonchev–Trinajstić information content (AvgIpc) is 2.87. The molecule has 2 rings (SSSR count). The summed E-state index contributed by atoms with van der Waals surface area (Å²) in [5.74, 6) is 0. The monoisotopic (exact) mass is 324 g/mol. The Morgan fingerprint density at radius 2 is 2.16 bits per heavy atom. The van der Waals surface area contributed by atoms with Gasteiger partial charge >= 0.3 is 0 Å². The number of nitrogens with one attached hydrogen (secondary N) is 1. The van der Waals surface area contributed by atoms with Gasteiger partial charge < -0.3 is 5.32 Å². The lowest BCUT2D eigenvalue weighted by Crippen LogP contribution is -2.42. The molecule has 2 nitrogen and oxygen atoms in total. The molecule has 3 heteroatoms. The molecular weight excluding hydrogens is 300 g/mol. The van der Waals surface area contributed by atoms with Crippen LogP contribution in [0.1, 0.15) is 45.2 Å². The van der Waals surface area contributed by atoms with Crippen LogP contribution in [0.25, 0.3) is 0 Å². The van der Waals surface area contributed by atoms with E-state index in [4.69, 9.17) is 0 Å². The zero-order valence-electron chi connectivity index (χ0n) is 12.2. The molecule has 1 aliphatic rings. The minimum atomic E-state index is 0.458. The molecule has 0 radical (unpaired) electrons. The summed E-state index contributed by atoms with van der Waals surface area (Å²) in [5, 5.41) is 3.61. The highest BCUT2D eigenvalue weighted by molar-refractivity contribution is 9.10. The molecule has 0 bridgehead atoms. The van der Waals surface area contributed by atoms with E-state index in [0.29, 0.717) is 18.1 Å². The third-order valence-electron chi connectivity index (χ3n) is 4.09. The zero-order valence-corrected chi connectivity index (χ0v) is 13.8. The number of benzene rings is 1. The molecule has 1 N–H and O–H groups in total. The first-order chi connectivity index (χ1) is 9.08. The standard InChI is InChI=1S/C16H25BrN2/c1-12(2)19(11-16-8-5-9-18-16)13(3)14-6-4-7-15(17)10-14/h4,6-7,10,12-13,16,18H,5,8-9,11H2,1-3H3. The lowest BCUT2D eigenvalue weighted by molar-refractivity contribution is 0.150. The maximum Gasteiger partial charge on any atom is 0.0323 e. The molecule has 0 aromatic heterocycles. The summed E-state index contributed by atoms with van der Waals surface area (Å²) in [6.07, 6.45) is 2.64. The Hall–Kier alpha value is -0.380. The van der Waals surface area contributed by atoms with Gasteiger partial charge in [0.05, 0.1) is 0 Å². The number of halogens is 1. The van der Waals surface area contributed by atoms with Gasteiger partial charge in [0.15, 0.2) is 0 Å². The molecule has 106 valence electrons. The lowest BCUT2D eigenvalue weighted by atomic mass is 10.0. The summed E-state index contributed by atoms with van der Waals surface area (Å²) in [6, 6.07) is 10.4. The van der Waals surface area contributed by atoms with Crippen molar-refractivity contribution in [2.45, 2.75) is 51.7 Å². The Bertz CT molecular complexity index is 399. The van der Waals surface area contributed by atoms with E-state index < -0.39 is 0 Å². The van der Waals surface area contributed by atoms with Crippen LogP contribution in [0, 0.1) is 0 Å². The van der Waals surface area contributed by atoms with E-state index >= 15 is 0 Å². The Morgan fingerprint density at radius 1 is 1.37 bits per heavy atom. The van der Waals surface area contributed by atoms with Crippen LogP contribution in [0.3, 0.4) is 0 Å². The first kappa shape index (κ1) is 15.0. The van der Waals surface area contributed by atoms with Crippen molar-refractivity contribution in [2.24, 2.45) is 0 Å². The van der Waals surface area contributed by atoms with E-state index in [-0.39, 0.29) is 0 Å². The Kier molecular flexibility index (Phi) is 5.43. The number of nitrogens with zero attached hydrogens (tertiary/aromatic N) is 1. The van der Waals surface area contributed by atoms with Crippen molar-refractivity contribution in [2.75, 3.05) is 13.1 Å². The molecule has 0 amide bonds. The zero-order chi connectivity index (χ0) is 13.8. The minimum absolute atomic E-state index is 0.458. The van der Waals surface area contributed by atoms with E-state index in [2.05, 4.69) is 71.2 Å². The molecule has 0 spiro atoms. The average molecular weight is 325 g/mol. The van der Waals surface area contributed by atoms with Crippen molar-refractivity contribution in [3.63, 3.8) is 0 Å². The minimum Gasteiger partial charge on any atom is -0.313 e. The molecule has 1 aliphatic heterocycles. The van der Waals surface area contributed by atoms with Crippen LogP contribution in [0.2, 0.25) is 0 Å². The maximum atomic E-state index is 3.61. The van der Waals surface area contributed by atoms with Gasteiger partial charge in [-0.1, -0.05) is 28.1 Å². The quantitative estimate of drug-likeness (QED) is 0.881. The summed E-state index contributed by atoms with van der Waals surface area (Å²) in [5.41, 5.74) is 1.39. The van der Waals surface area contributed by atoms with Gasteiger partial charge in [0, 0.05) is 29.1 Å². The highest BCUT2D eigenvalue weighted by atomic mass is 79.9. The summed E-state index contributed by atoms with van der Waals surface area (Å²) < 4.78 is 1.17. The maximum absolute atomic E-state index is 3.61. The first-order valence-electron chi connectivity index (χ1n) is 7.32. The van der Waals surface area contributed by atoms with Crippen LogP contribution in [-0.4, -0.2) is 30.1 Å². The van der Waals surface area contributed by atoms with Gasteiger partial charge in [-0.05, 0) is 57.9 Å². The molecule has 1 fully saturated rings. The normalized spacial score (nSPS) is 21.3. The van der Waals surface area contributed by atoms with E-state index in [9.17, 15) is 0 Å². The fourth-order valence-electron chi connectivity index (χ4n) is 2.94. The Balaban J connectivity index is 2.09. The molecule has 0 aliphatic carbocycles. The van der Waals surface area contributed by atoms with Crippen LogP contribution in [-0.2, 0) is 0 Å². The van der Waals surface area contributed by atoms with Crippen molar-refractivity contribution in [1.82, 2.24) is 10.2 Å². The molecule has 1 aromatic rings. The van der Waals surface area contributed by atoms with Crippen LogP contribution >= 0.6 is 15.9 Å². The van der Waals surface area contributed by atoms with Gasteiger partial charge in [-0.15, -0.1) is 0 Å². The van der Waals surface area contributed by atoms with Gasteiger partial charge in [0.25, 0.3) is 0 Å². The number of hydrogen-bond acceptors (Lipinski definition) is 2. The number of rotatable bonds is 5. The van der Waals surface area contributed by atoms with Crippen molar-refractivity contribution in [3.8, 4) is 0 Å². The summed E-state index contributed by atoms with van der Waals surface area (Å²) in [4.78, 5) is 2.60. The van der Waals surface area contributed by atoms with Crippen molar-refractivity contribution < 1.29 is 0 Å². The highest BCUT2D eigenvalue weighted by Gasteiger charge is 2.24. The highest BCUT2D eigenvalue weighted by Crippen LogP contribution is 2.26. The molecule has 19 heavy (non-hydrogen) atoms. The van der Waals surface area contributed by atoms with Crippen molar-refractivity contribution >= 4 is 15.9 Å². The summed E-state index contributed by atoms with van der Waals surface area (Å²) in [6.45, 7) is 9.23. The van der Waals surface area contributed by atoms with Crippen LogP contribution in [0.15, 0.2) is 28.7 Å². The second-order valence-corrected chi connectivity index (χ2v) is 6.73. The van der Waals surface area contributed by atoms with Gasteiger partial charge in [-0.25, -0.2) is 0 Å². The van der Waals surface area contributed by atoms with Gasteiger partial charge in [-0.2, -0.15) is 0 Å². The molecule has 2 unspecified atom stereocenters. The number of hydrogen-bond donors (Lipinski definition) is 1. The smallest absolute Gasteiger partial charge is 0.0323 e. The van der Waals surface area contributed by atoms with Crippen molar-refractivity contribution in [1.29, 1.82) is 0 Å². The Morgan fingerprint density at radius 3 is 2.74 bits per heavy atom. The molecular formula is C16H25BrN2. The predicted molar refractivity (Wildman–Crippen MR) is 85.4 cm³/mol. The van der Waals surface area contributed by atoms with Gasteiger partial charge in [0.2, 0.25) is 0 Å². The molecule has 1 saturated heterocycles. The largest absolute Gasteiger partial charge is 0.313 e. The third-order valence-corrected chi connectivity index (χ3v) is 4.58. The summed E-state index contributed by atoms with van der Waals surface area (Å²) in [7, 11) is 0. The third kappa shape index (κ3) is 4.04. The lowest BCUT2D eigenvalue weighted by Gasteiger charge is -2.35. The fraction of sp³-hybridized carbons (Fsp3) is 0.625. The molecule has 1 aromatic carbocycles. The second-order valence-electron chi connectivity index (χ2n) is 5.81. The Labute approximate surface area is 125 Å². The van der Waals surface area contributed by atoms with E-state index in [1.165, 1.54) is 29.4 Å². The second kappa shape index (κ2) is 6.87. The van der Waals surface area contributed by atoms with E-state index in [1.54, 1.807) is 0 Å². The van der Waals surface area contributed by atoms with E-state index in [1.807, 2.05) is 0 Å². The molecule has 1 heterocycles. The topological polar surface area (TPSA) is 15.3 Å². The van der Waals surface area contributed by atoms with Crippen LogP contribution in [0.5, 0.6) is 0 Å². The van der Waals surface area contributed by atoms with Crippen molar-refractivity contribution in [3.05, 3.63) is 34.3 Å². The molecule has 0 saturated carbocycles. The van der Waals surface area contributed by atoms with Crippen LogP contribution in [0.4, 0.5) is 0 Å². The molecule has 2 atom stereocenters. The van der Waals surface area contributed by atoms with Gasteiger partial charge in [0.1, 0.15) is 0 Å². The predicted octanol–water partition coefficient (Wildman–Crippen LogP) is 3.97. The fourth-order valence-corrected chi connectivity index (χ4v) is 3.36. The SMILES string of the molecule is CC(C)N(CC1CCCN1)C(C)c1cccc(Br)c1. The van der Waals surface area contributed by atoms with Gasteiger partial charge in [-0.3, -0.25) is 4.90 Å². The first-order valence-corrected chi connectivity index (χ1v) is 8.12. The summed E-state index contributed by atoms with van der Waals surface area (Å²) >= 11 is 3.57. The van der Waals surface area contributed by atoms with Crippen LogP contribution < -0.4 is 5.32 Å².